The molecule has 3 aromatic rings. The molecule has 3 aromatic carbocycles. The maximum Gasteiger partial charge on any atom is 0.240 e. The van der Waals surface area contributed by atoms with Crippen molar-refractivity contribution in [3.05, 3.63) is 102 Å². The third-order valence-electron chi connectivity index (χ3n) is 7.08. The lowest BCUT2D eigenvalue weighted by atomic mass is 9.66. The number of hydrogen-bond donors (Lipinski definition) is 1. The summed E-state index contributed by atoms with van der Waals surface area (Å²) in [5.74, 6) is -0.363. The van der Waals surface area contributed by atoms with Crippen molar-refractivity contribution in [2.75, 3.05) is 4.90 Å². The van der Waals surface area contributed by atoms with Crippen LogP contribution in [0.2, 0.25) is 0 Å². The van der Waals surface area contributed by atoms with E-state index in [0.29, 0.717) is 32.2 Å². The Morgan fingerprint density at radius 1 is 0.882 bits per heavy atom. The zero-order valence-corrected chi connectivity index (χ0v) is 19.1. The van der Waals surface area contributed by atoms with Crippen LogP contribution in [0.4, 0.5) is 5.69 Å². The van der Waals surface area contributed by atoms with Gasteiger partial charge in [0.2, 0.25) is 11.8 Å². The number of benzene rings is 3. The Kier molecular flexibility index (Phi) is 6.01. The number of rotatable bonds is 6. The molecule has 1 aliphatic carbocycles. The molecule has 0 unspecified atom stereocenters. The highest BCUT2D eigenvalue weighted by atomic mass is 16.2. The highest BCUT2D eigenvalue weighted by Gasteiger charge is 2.59. The van der Waals surface area contributed by atoms with Gasteiger partial charge >= 0.3 is 0 Å². The molecule has 1 aliphatic heterocycles. The summed E-state index contributed by atoms with van der Waals surface area (Å²) in [6.07, 6.45) is 2.41. The van der Waals surface area contributed by atoms with Gasteiger partial charge in [0.05, 0.1) is 6.54 Å². The van der Waals surface area contributed by atoms with Crippen LogP contribution in [0.3, 0.4) is 0 Å². The van der Waals surface area contributed by atoms with Crippen LogP contribution in [0.1, 0.15) is 42.4 Å². The summed E-state index contributed by atoms with van der Waals surface area (Å²) in [4.78, 5) is 42.0. The van der Waals surface area contributed by atoms with Crippen molar-refractivity contribution in [1.29, 1.82) is 0 Å². The predicted octanol–water partition coefficient (Wildman–Crippen LogP) is 4.34. The number of fused-ring (bicyclic) bond motifs is 2. The Morgan fingerprint density at radius 2 is 1.53 bits per heavy atom. The molecule has 5 nitrogen and oxygen atoms in total. The molecule has 2 atom stereocenters. The summed E-state index contributed by atoms with van der Waals surface area (Å²) in [7, 11) is 0. The number of ketones is 1. The van der Waals surface area contributed by atoms with Crippen LogP contribution in [-0.4, -0.2) is 23.6 Å². The van der Waals surface area contributed by atoms with Crippen LogP contribution in [0.25, 0.3) is 0 Å². The van der Waals surface area contributed by atoms with E-state index in [4.69, 9.17) is 0 Å². The Balaban J connectivity index is 1.45. The average molecular weight is 453 g/mol. The second-order valence-corrected chi connectivity index (χ2v) is 9.17. The van der Waals surface area contributed by atoms with Crippen LogP contribution in [0.15, 0.2) is 84.9 Å². The number of anilines is 1. The zero-order valence-electron chi connectivity index (χ0n) is 19.1. The number of para-hydroxylation sites is 1. The largest absolute Gasteiger partial charge is 0.345 e. The summed E-state index contributed by atoms with van der Waals surface area (Å²) >= 11 is 0. The topological polar surface area (TPSA) is 66.5 Å². The summed E-state index contributed by atoms with van der Waals surface area (Å²) in [5.41, 5.74) is 2.71. The van der Waals surface area contributed by atoms with Gasteiger partial charge in [0, 0.05) is 18.5 Å². The predicted molar refractivity (Wildman–Crippen MR) is 131 cm³/mol. The van der Waals surface area contributed by atoms with Crippen molar-refractivity contribution >= 4 is 23.3 Å². The minimum absolute atomic E-state index is 0.0657. The number of hydrogen-bond acceptors (Lipinski definition) is 3. The fraction of sp³-hybridized carbons (Fsp3) is 0.276. The Morgan fingerprint density at radius 3 is 2.26 bits per heavy atom. The van der Waals surface area contributed by atoms with Crippen molar-refractivity contribution in [2.45, 2.75) is 50.1 Å². The lowest BCUT2D eigenvalue weighted by molar-refractivity contribution is -0.136. The third kappa shape index (κ3) is 3.92. The molecule has 1 spiro atoms. The van der Waals surface area contributed by atoms with Crippen LogP contribution in [0.5, 0.6) is 0 Å². The Hall–Kier alpha value is -3.73. The molecule has 34 heavy (non-hydrogen) atoms. The standard InChI is InChI=1S/C29H28N2O3/c32-25-16-9-19-29(27(25)30-26(33)18-17-21-10-3-1-4-11-21)23-14-7-8-15-24(23)31(28(29)34)20-22-12-5-2-6-13-22/h1-8,10-15,27H,9,16-20H2,(H,30,33)/t27-,29+/m0/s1. The molecule has 1 N–H and O–H groups in total. The van der Waals surface area contributed by atoms with E-state index in [-0.39, 0.29) is 24.0 Å². The van der Waals surface area contributed by atoms with E-state index in [9.17, 15) is 14.4 Å². The van der Waals surface area contributed by atoms with Crippen molar-refractivity contribution in [3.8, 4) is 0 Å². The molecule has 0 aromatic heterocycles. The first-order valence-electron chi connectivity index (χ1n) is 11.9. The number of nitrogens with one attached hydrogen (secondary N) is 1. The minimum Gasteiger partial charge on any atom is -0.345 e. The molecule has 2 aliphatic rings. The first-order chi connectivity index (χ1) is 16.6. The van der Waals surface area contributed by atoms with Crippen molar-refractivity contribution < 1.29 is 14.4 Å². The van der Waals surface area contributed by atoms with Gasteiger partial charge in [-0.25, -0.2) is 0 Å². The van der Waals surface area contributed by atoms with Crippen molar-refractivity contribution in [1.82, 2.24) is 5.32 Å². The van der Waals surface area contributed by atoms with Crippen LogP contribution >= 0.6 is 0 Å². The first-order valence-corrected chi connectivity index (χ1v) is 11.9. The maximum absolute atomic E-state index is 14.1. The average Bonchev–Trinajstić information content (AvgIpc) is 3.10. The van der Waals surface area contributed by atoms with E-state index in [1.165, 1.54) is 0 Å². The molecule has 5 rings (SSSR count). The third-order valence-corrected chi connectivity index (χ3v) is 7.08. The van der Waals surface area contributed by atoms with Crippen LogP contribution in [-0.2, 0) is 32.8 Å². The van der Waals surface area contributed by atoms with Gasteiger partial charge in [0.25, 0.3) is 0 Å². The highest BCUT2D eigenvalue weighted by Crippen LogP contribution is 2.49. The molecule has 172 valence electrons. The number of Topliss-reactive ketones (excluding diaryl/α,β-unsaturated/α-hetero) is 1. The van der Waals surface area contributed by atoms with Gasteiger partial charge in [-0.15, -0.1) is 0 Å². The van der Waals surface area contributed by atoms with Gasteiger partial charge in [-0.3, -0.25) is 14.4 Å². The number of nitrogens with zero attached hydrogens (tertiary/aromatic N) is 1. The zero-order chi connectivity index (χ0) is 23.5. The molecule has 5 heteroatoms. The van der Waals surface area contributed by atoms with Gasteiger partial charge in [-0.05, 0) is 42.0 Å². The summed E-state index contributed by atoms with van der Waals surface area (Å²) < 4.78 is 0. The van der Waals surface area contributed by atoms with Gasteiger partial charge in [0.15, 0.2) is 5.78 Å². The van der Waals surface area contributed by atoms with E-state index >= 15 is 0 Å². The van der Waals surface area contributed by atoms with E-state index < -0.39 is 11.5 Å². The molecule has 0 radical (unpaired) electrons. The van der Waals surface area contributed by atoms with E-state index in [1.54, 1.807) is 4.90 Å². The second kappa shape index (κ2) is 9.26. The SMILES string of the molecule is O=C(CCc1ccccc1)N[C@H]1C(=O)CCC[C@]12C(=O)N(Cc1ccccc1)c1ccccc12. The molecule has 0 saturated heterocycles. The highest BCUT2D eigenvalue weighted by molar-refractivity contribution is 6.13. The monoisotopic (exact) mass is 452 g/mol. The van der Waals surface area contributed by atoms with Gasteiger partial charge < -0.3 is 10.2 Å². The molecule has 1 saturated carbocycles. The minimum atomic E-state index is -1.05. The lowest BCUT2D eigenvalue weighted by Gasteiger charge is -2.39. The number of carbonyl (C=O) groups excluding carboxylic acids is 3. The molecule has 0 bridgehead atoms. The van der Waals surface area contributed by atoms with Crippen molar-refractivity contribution in [3.63, 3.8) is 0 Å². The molecular weight excluding hydrogens is 424 g/mol. The first kappa shape index (κ1) is 22.1. The molecule has 1 heterocycles. The van der Waals surface area contributed by atoms with Crippen molar-refractivity contribution in [2.24, 2.45) is 0 Å². The number of carbonyl (C=O) groups is 3. The molecular formula is C29H28N2O3. The second-order valence-electron chi connectivity index (χ2n) is 9.17. The quantitative estimate of drug-likeness (QED) is 0.605. The lowest BCUT2D eigenvalue weighted by Crippen LogP contribution is -2.61. The fourth-order valence-corrected chi connectivity index (χ4v) is 5.44. The van der Waals surface area contributed by atoms with E-state index in [2.05, 4.69) is 5.32 Å². The van der Waals surface area contributed by atoms with E-state index in [0.717, 1.165) is 22.4 Å². The number of amides is 2. The van der Waals surface area contributed by atoms with Gasteiger partial charge in [-0.1, -0.05) is 78.9 Å². The fourth-order valence-electron chi connectivity index (χ4n) is 5.44. The Bertz CT molecular complexity index is 1210. The van der Waals surface area contributed by atoms with Gasteiger partial charge in [-0.2, -0.15) is 0 Å². The number of aryl methyl sites for hydroxylation is 1. The smallest absolute Gasteiger partial charge is 0.240 e. The van der Waals surface area contributed by atoms with E-state index in [1.807, 2.05) is 84.9 Å². The molecule has 2 amide bonds. The van der Waals surface area contributed by atoms with Crippen LogP contribution in [0, 0.1) is 0 Å². The summed E-state index contributed by atoms with van der Waals surface area (Å²) in [6.45, 7) is 0.432. The maximum atomic E-state index is 14.1. The normalized spacial score (nSPS) is 21.5. The Labute approximate surface area is 199 Å². The van der Waals surface area contributed by atoms with Crippen LogP contribution < -0.4 is 10.2 Å². The molecule has 1 fully saturated rings. The summed E-state index contributed by atoms with van der Waals surface area (Å²) in [5, 5.41) is 2.99. The summed E-state index contributed by atoms with van der Waals surface area (Å²) in [6, 6.07) is 26.5. The van der Waals surface area contributed by atoms with Gasteiger partial charge in [0.1, 0.15) is 11.5 Å².